The zero-order valence-electron chi connectivity index (χ0n) is 8.02. The van der Waals surface area contributed by atoms with Crippen LogP contribution in [0.4, 0.5) is 8.78 Å². The Kier molecular flexibility index (Phi) is 2.57. The van der Waals surface area contributed by atoms with Gasteiger partial charge in [0.25, 0.3) is 0 Å². The van der Waals surface area contributed by atoms with E-state index in [1.807, 2.05) is 6.92 Å². The van der Waals surface area contributed by atoms with E-state index in [9.17, 15) is 8.78 Å². The lowest BCUT2D eigenvalue weighted by Gasteiger charge is -2.05. The maximum Gasteiger partial charge on any atom is 0.149 e. The number of hydrogen-bond donors (Lipinski definition) is 0. The Morgan fingerprint density at radius 1 is 1.27 bits per heavy atom. The highest BCUT2D eigenvalue weighted by Gasteiger charge is 2.11. The lowest BCUT2D eigenvalue weighted by Crippen LogP contribution is -1.94. The van der Waals surface area contributed by atoms with Crippen LogP contribution in [-0.4, -0.2) is 4.98 Å². The van der Waals surface area contributed by atoms with Crippen molar-refractivity contribution in [1.82, 2.24) is 4.98 Å². The summed E-state index contributed by atoms with van der Waals surface area (Å²) in [5, 5.41) is 0.253. The van der Waals surface area contributed by atoms with Gasteiger partial charge in [-0.25, -0.2) is 13.8 Å². The first-order chi connectivity index (χ1) is 7.13. The second-order valence-corrected chi connectivity index (χ2v) is 3.61. The second-order valence-electron chi connectivity index (χ2n) is 3.20. The van der Waals surface area contributed by atoms with Crippen molar-refractivity contribution in [2.24, 2.45) is 0 Å². The molecule has 1 aromatic heterocycles. The van der Waals surface area contributed by atoms with Crippen LogP contribution >= 0.6 is 11.6 Å². The quantitative estimate of drug-likeness (QED) is 0.724. The molecule has 0 spiro atoms. The molecule has 0 fully saturated rings. The summed E-state index contributed by atoms with van der Waals surface area (Å²) >= 11 is 5.87. The van der Waals surface area contributed by atoms with Crippen molar-refractivity contribution in [3.8, 4) is 0 Å². The summed E-state index contributed by atoms with van der Waals surface area (Å²) < 4.78 is 26.7. The van der Waals surface area contributed by atoms with Gasteiger partial charge in [0.05, 0.1) is 10.4 Å². The van der Waals surface area contributed by atoms with Crippen molar-refractivity contribution in [2.45, 2.75) is 13.3 Å². The fraction of sp³-hybridized carbons (Fsp3) is 0.182. The summed E-state index contributed by atoms with van der Waals surface area (Å²) in [5.74, 6) is -1.10. The molecular weight excluding hydrogens is 220 g/mol. The van der Waals surface area contributed by atoms with Gasteiger partial charge in [-0.3, -0.25) is 0 Å². The maximum atomic E-state index is 13.4. The number of rotatable bonds is 1. The molecule has 4 heteroatoms. The standard InChI is InChI=1S/C11H8ClF2N/c1-2-6-5-7(12)10-8(13)3-4-9(14)11(10)15-6/h3-5H,2H2,1H3. The van der Waals surface area contributed by atoms with E-state index < -0.39 is 11.6 Å². The highest BCUT2D eigenvalue weighted by atomic mass is 35.5. The number of aryl methyl sites for hydroxylation is 1. The fourth-order valence-electron chi connectivity index (χ4n) is 1.45. The van der Waals surface area contributed by atoms with Crippen molar-refractivity contribution < 1.29 is 8.78 Å². The van der Waals surface area contributed by atoms with Crippen molar-refractivity contribution in [3.63, 3.8) is 0 Å². The van der Waals surface area contributed by atoms with Gasteiger partial charge in [0.1, 0.15) is 17.2 Å². The third-order valence-electron chi connectivity index (χ3n) is 2.23. The largest absolute Gasteiger partial charge is 0.250 e. The first-order valence-electron chi connectivity index (χ1n) is 4.56. The van der Waals surface area contributed by atoms with Gasteiger partial charge in [-0.1, -0.05) is 18.5 Å². The van der Waals surface area contributed by atoms with Gasteiger partial charge < -0.3 is 0 Å². The average molecular weight is 228 g/mol. The van der Waals surface area contributed by atoms with E-state index >= 15 is 0 Å². The van der Waals surface area contributed by atoms with Crippen LogP contribution in [0, 0.1) is 11.6 Å². The molecule has 0 bridgehead atoms. The Morgan fingerprint density at radius 2 is 1.93 bits per heavy atom. The van der Waals surface area contributed by atoms with E-state index in [1.165, 1.54) is 0 Å². The van der Waals surface area contributed by atoms with Crippen LogP contribution in [0.5, 0.6) is 0 Å². The average Bonchev–Trinajstić information content (AvgIpc) is 2.23. The van der Waals surface area contributed by atoms with Gasteiger partial charge in [0.2, 0.25) is 0 Å². The van der Waals surface area contributed by atoms with Crippen molar-refractivity contribution in [1.29, 1.82) is 0 Å². The molecule has 0 aliphatic rings. The third kappa shape index (κ3) is 1.67. The topological polar surface area (TPSA) is 12.9 Å². The molecule has 2 rings (SSSR count). The fourth-order valence-corrected chi connectivity index (χ4v) is 1.76. The summed E-state index contributed by atoms with van der Waals surface area (Å²) in [6, 6.07) is 3.67. The van der Waals surface area contributed by atoms with Gasteiger partial charge in [0.15, 0.2) is 0 Å². The lowest BCUT2D eigenvalue weighted by atomic mass is 10.1. The minimum atomic E-state index is -0.552. The number of benzene rings is 1. The summed E-state index contributed by atoms with van der Waals surface area (Å²) in [7, 11) is 0. The number of aromatic nitrogens is 1. The normalized spacial score (nSPS) is 10.9. The van der Waals surface area contributed by atoms with Crippen LogP contribution in [-0.2, 0) is 6.42 Å². The predicted octanol–water partition coefficient (Wildman–Crippen LogP) is 3.73. The van der Waals surface area contributed by atoms with E-state index in [0.717, 1.165) is 12.1 Å². The molecule has 15 heavy (non-hydrogen) atoms. The molecule has 0 aliphatic heterocycles. The molecule has 0 atom stereocenters. The Hall–Kier alpha value is -1.22. The SMILES string of the molecule is CCc1cc(Cl)c2c(F)ccc(F)c2n1. The minimum Gasteiger partial charge on any atom is -0.250 e. The molecule has 2 aromatic rings. The van der Waals surface area contributed by atoms with Gasteiger partial charge in [-0.05, 0) is 24.6 Å². The first-order valence-corrected chi connectivity index (χ1v) is 4.94. The molecule has 0 radical (unpaired) electrons. The van der Waals surface area contributed by atoms with E-state index in [4.69, 9.17) is 11.6 Å². The van der Waals surface area contributed by atoms with Gasteiger partial charge in [-0.15, -0.1) is 0 Å². The molecule has 0 aliphatic carbocycles. The van der Waals surface area contributed by atoms with E-state index in [2.05, 4.69) is 4.98 Å². The zero-order chi connectivity index (χ0) is 11.0. The minimum absolute atomic E-state index is 0.000602. The predicted molar refractivity (Wildman–Crippen MR) is 56.0 cm³/mol. The number of pyridine rings is 1. The number of halogens is 3. The van der Waals surface area contributed by atoms with Gasteiger partial charge >= 0.3 is 0 Å². The molecule has 78 valence electrons. The van der Waals surface area contributed by atoms with Crippen LogP contribution in [0.25, 0.3) is 10.9 Å². The van der Waals surface area contributed by atoms with Crippen LogP contribution in [0.2, 0.25) is 5.02 Å². The number of fused-ring (bicyclic) bond motifs is 1. The lowest BCUT2D eigenvalue weighted by molar-refractivity contribution is 0.615. The third-order valence-corrected chi connectivity index (χ3v) is 2.53. The first kappa shape index (κ1) is 10.3. The molecule has 1 nitrogen and oxygen atoms in total. The molecule has 1 aromatic carbocycles. The molecular formula is C11H8ClF2N. The van der Waals surface area contributed by atoms with Crippen molar-refractivity contribution >= 4 is 22.5 Å². The maximum absolute atomic E-state index is 13.4. The summed E-state index contributed by atoms with van der Waals surface area (Å²) in [6.07, 6.45) is 0.631. The smallest absolute Gasteiger partial charge is 0.149 e. The van der Waals surface area contributed by atoms with E-state index in [0.29, 0.717) is 12.1 Å². The Morgan fingerprint density at radius 3 is 2.60 bits per heavy atom. The number of hydrogen-bond acceptors (Lipinski definition) is 1. The van der Waals surface area contributed by atoms with Crippen molar-refractivity contribution in [3.05, 3.63) is 40.6 Å². The number of nitrogens with zero attached hydrogens (tertiary/aromatic N) is 1. The van der Waals surface area contributed by atoms with Gasteiger partial charge in [-0.2, -0.15) is 0 Å². The molecule has 0 N–H and O–H groups in total. The highest BCUT2D eigenvalue weighted by molar-refractivity contribution is 6.35. The summed E-state index contributed by atoms with van der Waals surface area (Å²) in [6.45, 7) is 1.88. The molecule has 0 unspecified atom stereocenters. The Balaban J connectivity index is 2.90. The van der Waals surface area contributed by atoms with Gasteiger partial charge in [0, 0.05) is 5.69 Å². The van der Waals surface area contributed by atoms with Crippen molar-refractivity contribution in [2.75, 3.05) is 0 Å². The van der Waals surface area contributed by atoms with Crippen LogP contribution in [0.3, 0.4) is 0 Å². The van der Waals surface area contributed by atoms with Crippen LogP contribution in [0.15, 0.2) is 18.2 Å². The molecule has 0 amide bonds. The van der Waals surface area contributed by atoms with E-state index in [-0.39, 0.29) is 15.9 Å². The molecule has 0 saturated heterocycles. The highest BCUT2D eigenvalue weighted by Crippen LogP contribution is 2.27. The summed E-state index contributed by atoms with van der Waals surface area (Å²) in [5.41, 5.74) is 0.649. The zero-order valence-corrected chi connectivity index (χ0v) is 8.78. The second kappa shape index (κ2) is 3.74. The Bertz CT molecular complexity index is 525. The summed E-state index contributed by atoms with van der Waals surface area (Å²) in [4.78, 5) is 4.02. The van der Waals surface area contributed by atoms with Crippen LogP contribution < -0.4 is 0 Å². The molecule has 1 heterocycles. The molecule has 0 saturated carbocycles. The van der Waals surface area contributed by atoms with Crippen LogP contribution in [0.1, 0.15) is 12.6 Å². The monoisotopic (exact) mass is 227 g/mol. The Labute approximate surface area is 90.7 Å². The van der Waals surface area contributed by atoms with E-state index in [1.54, 1.807) is 6.07 Å².